The van der Waals surface area contributed by atoms with Gasteiger partial charge in [-0.1, -0.05) is 65.2 Å². The van der Waals surface area contributed by atoms with E-state index in [9.17, 15) is 4.79 Å². The fraction of sp³-hybridized carbons (Fsp3) is 0.158. The second-order valence-electron chi connectivity index (χ2n) is 5.83. The maximum Gasteiger partial charge on any atom is 0.260 e. The topological polar surface area (TPSA) is 46.9 Å². The van der Waals surface area contributed by atoms with Gasteiger partial charge in [0.05, 0.1) is 28.5 Å². The van der Waals surface area contributed by atoms with Gasteiger partial charge in [-0.05, 0) is 31.5 Å². The molecule has 25 heavy (non-hydrogen) atoms. The molecule has 0 aliphatic heterocycles. The number of rotatable bonds is 4. The number of hydrogen-bond donors (Lipinski definition) is 1. The monoisotopic (exact) mass is 373 g/mol. The van der Waals surface area contributed by atoms with Crippen molar-refractivity contribution in [3.8, 4) is 0 Å². The van der Waals surface area contributed by atoms with Crippen molar-refractivity contribution in [2.75, 3.05) is 5.32 Å². The molecule has 0 fully saturated rings. The molecule has 0 unspecified atom stereocenters. The maximum atomic E-state index is 12.6. The lowest BCUT2D eigenvalue weighted by molar-refractivity contribution is 0.102. The average molecular weight is 374 g/mol. The highest BCUT2D eigenvalue weighted by Gasteiger charge is 2.21. The molecule has 0 saturated carbocycles. The van der Waals surface area contributed by atoms with Gasteiger partial charge in [-0.3, -0.25) is 4.79 Å². The van der Waals surface area contributed by atoms with Gasteiger partial charge in [-0.2, -0.15) is 5.10 Å². The Morgan fingerprint density at radius 1 is 1.08 bits per heavy atom. The highest BCUT2D eigenvalue weighted by Crippen LogP contribution is 2.25. The molecule has 0 spiro atoms. The molecule has 0 saturated heterocycles. The molecule has 0 bridgehead atoms. The minimum atomic E-state index is -0.328. The first-order valence-electron chi connectivity index (χ1n) is 7.80. The molecule has 0 radical (unpaired) electrons. The number of carbonyl (C=O) groups excluding carboxylic acids is 1. The van der Waals surface area contributed by atoms with E-state index in [-0.39, 0.29) is 5.91 Å². The van der Waals surface area contributed by atoms with E-state index in [0.717, 1.165) is 5.56 Å². The number of aryl methyl sites for hydroxylation is 2. The summed E-state index contributed by atoms with van der Waals surface area (Å²) in [6.07, 6.45) is 0. The van der Waals surface area contributed by atoms with Gasteiger partial charge in [0, 0.05) is 0 Å². The molecule has 0 aliphatic rings. The summed E-state index contributed by atoms with van der Waals surface area (Å²) in [6, 6.07) is 15.2. The second-order valence-corrected chi connectivity index (χ2v) is 6.59. The summed E-state index contributed by atoms with van der Waals surface area (Å²) in [5.41, 5.74) is 3.71. The van der Waals surface area contributed by atoms with Crippen molar-refractivity contribution >= 4 is 34.8 Å². The molecule has 0 atom stereocenters. The highest BCUT2D eigenvalue weighted by molar-refractivity contribution is 6.35. The first kappa shape index (κ1) is 17.5. The largest absolute Gasteiger partial charge is 0.320 e. The fourth-order valence-corrected chi connectivity index (χ4v) is 3.03. The predicted molar refractivity (Wildman–Crippen MR) is 102 cm³/mol. The number of amides is 1. The molecule has 0 aliphatic carbocycles. The Bertz CT molecular complexity index is 917. The fourth-order valence-electron chi connectivity index (χ4n) is 2.53. The molecule has 1 aromatic heterocycles. The van der Waals surface area contributed by atoms with E-state index in [1.54, 1.807) is 35.9 Å². The molecular formula is C19H17Cl2N3O. The highest BCUT2D eigenvalue weighted by atomic mass is 35.5. The van der Waals surface area contributed by atoms with Crippen molar-refractivity contribution in [1.82, 2.24) is 9.78 Å². The zero-order chi connectivity index (χ0) is 18.0. The van der Waals surface area contributed by atoms with Crippen molar-refractivity contribution < 1.29 is 4.79 Å². The molecular weight excluding hydrogens is 357 g/mol. The van der Waals surface area contributed by atoms with E-state index in [4.69, 9.17) is 23.2 Å². The SMILES string of the molecule is Cc1ccc(Cn2nc(C)c(C(=O)Nc3ccccc3Cl)c2Cl)cc1. The van der Waals surface area contributed by atoms with Crippen molar-refractivity contribution in [1.29, 1.82) is 0 Å². The third kappa shape index (κ3) is 3.86. The van der Waals surface area contributed by atoms with Gasteiger partial charge in [-0.25, -0.2) is 4.68 Å². The van der Waals surface area contributed by atoms with Crippen molar-refractivity contribution in [2.24, 2.45) is 0 Å². The van der Waals surface area contributed by atoms with Gasteiger partial charge >= 0.3 is 0 Å². The van der Waals surface area contributed by atoms with Gasteiger partial charge in [0.1, 0.15) is 5.15 Å². The van der Waals surface area contributed by atoms with Crippen molar-refractivity contribution in [2.45, 2.75) is 20.4 Å². The number of hydrogen-bond acceptors (Lipinski definition) is 2. The van der Waals surface area contributed by atoms with Crippen LogP contribution in [0.4, 0.5) is 5.69 Å². The Hall–Kier alpha value is -2.30. The zero-order valence-corrected chi connectivity index (χ0v) is 15.4. The van der Waals surface area contributed by atoms with Gasteiger partial charge in [0.2, 0.25) is 0 Å². The van der Waals surface area contributed by atoms with E-state index in [2.05, 4.69) is 10.4 Å². The number of anilines is 1. The lowest BCUT2D eigenvalue weighted by Crippen LogP contribution is -2.13. The quantitative estimate of drug-likeness (QED) is 0.690. The Balaban J connectivity index is 1.85. The molecule has 4 nitrogen and oxygen atoms in total. The van der Waals surface area contributed by atoms with Gasteiger partial charge in [0.15, 0.2) is 0 Å². The molecule has 2 aromatic carbocycles. The van der Waals surface area contributed by atoms with E-state index >= 15 is 0 Å². The van der Waals surface area contributed by atoms with Crippen molar-refractivity contribution in [3.05, 3.63) is 81.1 Å². The molecule has 128 valence electrons. The van der Waals surface area contributed by atoms with Crippen LogP contribution >= 0.6 is 23.2 Å². The molecule has 3 aromatic rings. The number of para-hydroxylation sites is 1. The smallest absolute Gasteiger partial charge is 0.260 e. The van der Waals surface area contributed by atoms with Crippen LogP contribution < -0.4 is 5.32 Å². The van der Waals surface area contributed by atoms with Gasteiger partial charge in [-0.15, -0.1) is 0 Å². The van der Waals surface area contributed by atoms with Crippen LogP contribution in [0.5, 0.6) is 0 Å². The molecule has 1 heterocycles. The second kappa shape index (κ2) is 7.30. The van der Waals surface area contributed by atoms with Crippen LogP contribution in [0.3, 0.4) is 0 Å². The van der Waals surface area contributed by atoms with E-state index in [0.29, 0.717) is 33.7 Å². The summed E-state index contributed by atoms with van der Waals surface area (Å²) >= 11 is 12.5. The van der Waals surface area contributed by atoms with Crippen LogP contribution in [0, 0.1) is 13.8 Å². The lowest BCUT2D eigenvalue weighted by atomic mass is 10.1. The third-order valence-electron chi connectivity index (χ3n) is 3.87. The first-order valence-corrected chi connectivity index (χ1v) is 8.55. The summed E-state index contributed by atoms with van der Waals surface area (Å²) in [6.45, 7) is 4.30. The Labute approximate surface area is 156 Å². The number of carbonyl (C=O) groups is 1. The third-order valence-corrected chi connectivity index (χ3v) is 4.58. The predicted octanol–water partition coefficient (Wildman–Crippen LogP) is 5.11. The maximum absolute atomic E-state index is 12.6. The summed E-state index contributed by atoms with van der Waals surface area (Å²) in [4.78, 5) is 12.6. The lowest BCUT2D eigenvalue weighted by Gasteiger charge is -2.07. The Morgan fingerprint density at radius 3 is 2.44 bits per heavy atom. The van der Waals surface area contributed by atoms with Gasteiger partial charge in [0.25, 0.3) is 5.91 Å². The molecule has 1 amide bonds. The summed E-state index contributed by atoms with van der Waals surface area (Å²) < 4.78 is 1.63. The van der Waals surface area contributed by atoms with Crippen LogP contribution in [-0.2, 0) is 6.54 Å². The number of nitrogens with one attached hydrogen (secondary N) is 1. The number of halogens is 2. The van der Waals surface area contributed by atoms with E-state index in [1.807, 2.05) is 31.2 Å². The Morgan fingerprint density at radius 2 is 1.76 bits per heavy atom. The summed E-state index contributed by atoms with van der Waals surface area (Å²) in [7, 11) is 0. The van der Waals surface area contributed by atoms with Gasteiger partial charge < -0.3 is 5.32 Å². The minimum Gasteiger partial charge on any atom is -0.320 e. The normalized spacial score (nSPS) is 10.7. The molecule has 6 heteroatoms. The summed E-state index contributed by atoms with van der Waals surface area (Å²) in [5, 5.41) is 7.97. The molecule has 1 N–H and O–H groups in total. The average Bonchev–Trinajstić information content (AvgIpc) is 2.85. The number of aromatic nitrogens is 2. The van der Waals surface area contributed by atoms with E-state index in [1.165, 1.54) is 5.56 Å². The minimum absolute atomic E-state index is 0.308. The van der Waals surface area contributed by atoms with Crippen LogP contribution in [0.25, 0.3) is 0 Å². The van der Waals surface area contributed by atoms with Crippen LogP contribution in [0.15, 0.2) is 48.5 Å². The molecule has 3 rings (SSSR count). The van der Waals surface area contributed by atoms with Crippen LogP contribution in [0.2, 0.25) is 10.2 Å². The first-order chi connectivity index (χ1) is 12.0. The zero-order valence-electron chi connectivity index (χ0n) is 13.9. The van der Waals surface area contributed by atoms with Crippen molar-refractivity contribution in [3.63, 3.8) is 0 Å². The number of benzene rings is 2. The van der Waals surface area contributed by atoms with Crippen LogP contribution in [-0.4, -0.2) is 15.7 Å². The van der Waals surface area contributed by atoms with E-state index < -0.39 is 0 Å². The van der Waals surface area contributed by atoms with Crippen LogP contribution in [0.1, 0.15) is 27.2 Å². The number of nitrogens with zero attached hydrogens (tertiary/aromatic N) is 2. The summed E-state index contributed by atoms with van der Waals surface area (Å²) in [5.74, 6) is -0.328. The Kier molecular flexibility index (Phi) is 5.11. The standard InChI is InChI=1S/C19H17Cl2N3O/c1-12-7-9-14(10-8-12)11-24-18(21)17(13(2)23-24)19(25)22-16-6-4-3-5-15(16)20/h3-10H,11H2,1-2H3,(H,22,25).